The van der Waals surface area contributed by atoms with Crippen LogP contribution in [0.5, 0.6) is 0 Å². The van der Waals surface area contributed by atoms with Gasteiger partial charge in [0, 0.05) is 27.6 Å². The number of hydrogen-bond donors (Lipinski definition) is 2. The number of nitrogens with one attached hydrogen (secondary N) is 2. The molecule has 4 heteroatoms. The van der Waals surface area contributed by atoms with Crippen molar-refractivity contribution in [1.82, 2.24) is 10.3 Å². The van der Waals surface area contributed by atoms with E-state index in [0.29, 0.717) is 6.04 Å². The van der Waals surface area contributed by atoms with E-state index in [-0.39, 0.29) is 12.4 Å². The summed E-state index contributed by atoms with van der Waals surface area (Å²) in [6, 6.07) is 6.91. The normalized spacial score (nSPS) is 19.7. The molecule has 0 radical (unpaired) electrons. The number of fused-ring (bicyclic) bond motifs is 1. The zero-order valence-corrected chi connectivity index (χ0v) is 10.5. The summed E-state index contributed by atoms with van der Waals surface area (Å²) in [4.78, 5) is 3.30. The molecule has 2 N–H and O–H groups in total. The van der Waals surface area contributed by atoms with E-state index in [1.54, 1.807) is 0 Å². The van der Waals surface area contributed by atoms with E-state index in [0.717, 1.165) is 11.0 Å². The Labute approximate surface area is 103 Å². The SMILES string of the molecule is Brc1ccc2[nH]cc([C@H]3CCN3)c2c1.Cl. The molecule has 1 aromatic carbocycles. The largest absolute Gasteiger partial charge is 0.361 e. The Hall–Kier alpha value is -0.510. The highest BCUT2D eigenvalue weighted by molar-refractivity contribution is 9.10. The van der Waals surface area contributed by atoms with Gasteiger partial charge >= 0.3 is 0 Å². The van der Waals surface area contributed by atoms with Gasteiger partial charge < -0.3 is 10.3 Å². The molecular formula is C11H12BrClN2. The van der Waals surface area contributed by atoms with Crippen LogP contribution in [0, 0.1) is 0 Å². The van der Waals surface area contributed by atoms with Crippen LogP contribution >= 0.6 is 28.3 Å². The summed E-state index contributed by atoms with van der Waals surface area (Å²) in [6.07, 6.45) is 3.37. The molecule has 2 aromatic rings. The van der Waals surface area contributed by atoms with E-state index >= 15 is 0 Å². The summed E-state index contributed by atoms with van der Waals surface area (Å²) >= 11 is 3.51. The number of rotatable bonds is 1. The van der Waals surface area contributed by atoms with Gasteiger partial charge in [-0.1, -0.05) is 15.9 Å². The molecule has 1 aliphatic rings. The maximum absolute atomic E-state index is 3.51. The maximum atomic E-state index is 3.51. The summed E-state index contributed by atoms with van der Waals surface area (Å²) < 4.78 is 1.14. The van der Waals surface area contributed by atoms with Gasteiger partial charge in [-0.3, -0.25) is 0 Å². The molecule has 0 spiro atoms. The van der Waals surface area contributed by atoms with Crippen LogP contribution in [0.3, 0.4) is 0 Å². The number of aromatic amines is 1. The molecule has 0 aliphatic carbocycles. The fourth-order valence-corrected chi connectivity index (χ4v) is 2.32. The molecule has 1 atom stereocenters. The van der Waals surface area contributed by atoms with Crippen LogP contribution in [-0.2, 0) is 0 Å². The second-order valence-corrected chi connectivity index (χ2v) is 4.64. The van der Waals surface area contributed by atoms with E-state index in [9.17, 15) is 0 Å². The Morgan fingerprint density at radius 1 is 1.33 bits per heavy atom. The Bertz CT molecular complexity index is 476. The van der Waals surface area contributed by atoms with Crippen LogP contribution in [0.1, 0.15) is 18.0 Å². The average molecular weight is 288 g/mol. The van der Waals surface area contributed by atoms with Gasteiger partial charge in [-0.2, -0.15) is 0 Å². The van der Waals surface area contributed by atoms with Crippen molar-refractivity contribution in [3.05, 3.63) is 34.4 Å². The topological polar surface area (TPSA) is 27.8 Å². The molecule has 0 unspecified atom stereocenters. The number of hydrogen-bond acceptors (Lipinski definition) is 1. The second-order valence-electron chi connectivity index (χ2n) is 3.73. The Balaban J connectivity index is 0.000000853. The van der Waals surface area contributed by atoms with Gasteiger partial charge in [-0.15, -0.1) is 12.4 Å². The van der Waals surface area contributed by atoms with Crippen LogP contribution in [0.4, 0.5) is 0 Å². The number of H-pyrrole nitrogens is 1. The average Bonchev–Trinajstić information content (AvgIpc) is 2.46. The molecule has 1 aliphatic heterocycles. The smallest absolute Gasteiger partial charge is 0.0458 e. The van der Waals surface area contributed by atoms with Gasteiger partial charge in [-0.25, -0.2) is 0 Å². The Kier molecular flexibility index (Phi) is 3.05. The highest BCUT2D eigenvalue weighted by Crippen LogP contribution is 2.31. The minimum atomic E-state index is 0. The predicted octanol–water partition coefficient (Wildman–Crippen LogP) is 3.39. The zero-order valence-electron chi connectivity index (χ0n) is 8.09. The summed E-state index contributed by atoms with van der Waals surface area (Å²) in [5.74, 6) is 0. The first kappa shape index (κ1) is 11.0. The molecule has 2 nitrogen and oxygen atoms in total. The van der Waals surface area contributed by atoms with Crippen molar-refractivity contribution in [2.75, 3.05) is 6.54 Å². The van der Waals surface area contributed by atoms with Crippen molar-refractivity contribution < 1.29 is 0 Å². The van der Waals surface area contributed by atoms with Gasteiger partial charge in [0.25, 0.3) is 0 Å². The predicted molar refractivity (Wildman–Crippen MR) is 68.6 cm³/mol. The Morgan fingerprint density at radius 3 is 2.80 bits per heavy atom. The summed E-state index contributed by atoms with van der Waals surface area (Å²) in [5.41, 5.74) is 2.62. The van der Waals surface area contributed by atoms with E-state index < -0.39 is 0 Å². The van der Waals surface area contributed by atoms with Crippen molar-refractivity contribution in [2.24, 2.45) is 0 Å². The highest BCUT2D eigenvalue weighted by Gasteiger charge is 2.21. The lowest BCUT2D eigenvalue weighted by molar-refractivity contribution is 0.385. The van der Waals surface area contributed by atoms with Gasteiger partial charge in [0.1, 0.15) is 0 Å². The third-order valence-corrected chi connectivity index (χ3v) is 3.37. The van der Waals surface area contributed by atoms with E-state index in [1.807, 2.05) is 0 Å². The summed E-state index contributed by atoms with van der Waals surface area (Å²) in [7, 11) is 0. The lowest BCUT2D eigenvalue weighted by Crippen LogP contribution is -2.34. The van der Waals surface area contributed by atoms with Crippen molar-refractivity contribution in [3.63, 3.8) is 0 Å². The van der Waals surface area contributed by atoms with E-state index in [1.165, 1.54) is 22.9 Å². The number of halogens is 2. The quantitative estimate of drug-likeness (QED) is 0.827. The minimum Gasteiger partial charge on any atom is -0.361 e. The lowest BCUT2D eigenvalue weighted by Gasteiger charge is -2.27. The highest BCUT2D eigenvalue weighted by atomic mass is 79.9. The van der Waals surface area contributed by atoms with Gasteiger partial charge in [0.2, 0.25) is 0 Å². The second kappa shape index (κ2) is 4.16. The molecule has 0 saturated carbocycles. The standard InChI is InChI=1S/C11H11BrN2.ClH/c12-7-1-2-10-8(5-7)9(6-14-10)11-3-4-13-11;/h1-2,5-6,11,13-14H,3-4H2;1H/t11-;/m1./s1. The molecule has 15 heavy (non-hydrogen) atoms. The van der Waals surface area contributed by atoms with Gasteiger partial charge in [0.15, 0.2) is 0 Å². The number of benzene rings is 1. The van der Waals surface area contributed by atoms with Crippen LogP contribution in [-0.4, -0.2) is 11.5 Å². The third kappa shape index (κ3) is 1.80. The van der Waals surface area contributed by atoms with Crippen molar-refractivity contribution in [1.29, 1.82) is 0 Å². The van der Waals surface area contributed by atoms with Crippen molar-refractivity contribution in [3.8, 4) is 0 Å². The third-order valence-electron chi connectivity index (χ3n) is 2.87. The minimum absolute atomic E-state index is 0. The molecule has 80 valence electrons. The molecule has 1 saturated heterocycles. The lowest BCUT2D eigenvalue weighted by atomic mass is 9.98. The van der Waals surface area contributed by atoms with Crippen LogP contribution in [0.15, 0.2) is 28.9 Å². The fraction of sp³-hybridized carbons (Fsp3) is 0.273. The summed E-state index contributed by atoms with van der Waals surface area (Å²) in [5, 5.41) is 4.75. The molecule has 1 aromatic heterocycles. The fourth-order valence-electron chi connectivity index (χ4n) is 1.96. The maximum Gasteiger partial charge on any atom is 0.0458 e. The van der Waals surface area contributed by atoms with Crippen LogP contribution < -0.4 is 5.32 Å². The molecule has 3 rings (SSSR count). The van der Waals surface area contributed by atoms with Crippen LogP contribution in [0.25, 0.3) is 10.9 Å². The first-order valence-electron chi connectivity index (χ1n) is 4.84. The van der Waals surface area contributed by atoms with Crippen LogP contribution in [0.2, 0.25) is 0 Å². The molecule has 0 bridgehead atoms. The first-order chi connectivity index (χ1) is 6.84. The van der Waals surface area contributed by atoms with Crippen molar-refractivity contribution in [2.45, 2.75) is 12.5 Å². The van der Waals surface area contributed by atoms with E-state index in [4.69, 9.17) is 0 Å². The number of aromatic nitrogens is 1. The first-order valence-corrected chi connectivity index (χ1v) is 5.64. The molecular weight excluding hydrogens is 275 g/mol. The van der Waals surface area contributed by atoms with Gasteiger partial charge in [-0.05, 0) is 36.7 Å². The monoisotopic (exact) mass is 286 g/mol. The van der Waals surface area contributed by atoms with Crippen molar-refractivity contribution >= 4 is 39.2 Å². The molecule has 2 heterocycles. The molecule has 0 amide bonds. The zero-order chi connectivity index (χ0) is 9.54. The Morgan fingerprint density at radius 2 is 2.13 bits per heavy atom. The van der Waals surface area contributed by atoms with E-state index in [2.05, 4.69) is 50.6 Å². The van der Waals surface area contributed by atoms with Gasteiger partial charge in [0.05, 0.1) is 0 Å². The summed E-state index contributed by atoms with van der Waals surface area (Å²) in [6.45, 7) is 1.14. The molecule has 1 fully saturated rings.